The van der Waals surface area contributed by atoms with Crippen LogP contribution in [0, 0.1) is 26.7 Å². The topological polar surface area (TPSA) is 130 Å². The Balaban J connectivity index is 0.000000307. The van der Waals surface area contributed by atoms with Crippen molar-refractivity contribution in [3.63, 3.8) is 0 Å². The summed E-state index contributed by atoms with van der Waals surface area (Å²) >= 11 is 0. The third-order valence-electron chi connectivity index (χ3n) is 9.37. The summed E-state index contributed by atoms with van der Waals surface area (Å²) < 4.78 is 16.4. The molecule has 4 aromatic rings. The summed E-state index contributed by atoms with van der Waals surface area (Å²) in [6.07, 6.45) is 1.64. The van der Waals surface area contributed by atoms with Gasteiger partial charge in [-0.05, 0) is 143 Å². The number of ether oxygens (including phenoxy) is 3. The number of nitrogens with zero attached hydrogens (tertiary/aromatic N) is 1. The van der Waals surface area contributed by atoms with E-state index in [4.69, 9.17) is 14.2 Å². The van der Waals surface area contributed by atoms with Gasteiger partial charge in [0.05, 0.1) is 19.3 Å². The Morgan fingerprint density at radius 2 is 1.21 bits per heavy atom. The van der Waals surface area contributed by atoms with Crippen LogP contribution < -0.4 is 24.8 Å². The zero-order valence-corrected chi connectivity index (χ0v) is 34.6. The van der Waals surface area contributed by atoms with Gasteiger partial charge in [0, 0.05) is 19.6 Å². The van der Waals surface area contributed by atoms with Gasteiger partial charge in [-0.15, -0.1) is 0 Å². The van der Waals surface area contributed by atoms with E-state index in [1.54, 1.807) is 31.4 Å². The molecule has 3 atom stereocenters. The number of aliphatic hydroxyl groups is 2. The van der Waals surface area contributed by atoms with Gasteiger partial charge in [-0.25, -0.2) is 0 Å². The molecule has 304 valence electrons. The van der Waals surface area contributed by atoms with Gasteiger partial charge in [0.25, 0.3) is 11.8 Å². The fourth-order valence-corrected chi connectivity index (χ4v) is 6.19. The van der Waals surface area contributed by atoms with Gasteiger partial charge in [-0.2, -0.15) is 0 Å². The highest BCUT2D eigenvalue weighted by molar-refractivity contribution is 5.77. The van der Waals surface area contributed by atoms with Crippen molar-refractivity contribution in [2.45, 2.75) is 72.5 Å². The maximum absolute atomic E-state index is 12.0. The minimum absolute atomic E-state index is 0.0178. The van der Waals surface area contributed by atoms with E-state index in [-0.39, 0.29) is 25.0 Å². The SMILES string of the molecule is CCNC(=O)COc1cccc([C@H](O)CCc2ccc(C)c(C)c2)c1.COc1ccc(CC[C@@H](O)c2cccc(OCC(=O)NCC(C)CN(C)C)c2)cc1C. The second-order valence-corrected chi connectivity index (χ2v) is 14.7. The number of likely N-dealkylation sites (N-methyl/N-ethyl adjacent to an activating group) is 1. The van der Waals surface area contributed by atoms with Crippen LogP contribution in [-0.4, -0.2) is 81.0 Å². The van der Waals surface area contributed by atoms with Crippen LogP contribution >= 0.6 is 0 Å². The Morgan fingerprint density at radius 1 is 0.696 bits per heavy atom. The lowest BCUT2D eigenvalue weighted by Gasteiger charge is -2.17. The smallest absolute Gasteiger partial charge is 0.257 e. The summed E-state index contributed by atoms with van der Waals surface area (Å²) in [7, 11) is 5.69. The van der Waals surface area contributed by atoms with Gasteiger partial charge in [-0.3, -0.25) is 9.59 Å². The molecule has 4 aromatic carbocycles. The minimum atomic E-state index is -0.605. The number of benzene rings is 4. The quantitative estimate of drug-likeness (QED) is 0.0769. The minimum Gasteiger partial charge on any atom is -0.496 e. The lowest BCUT2D eigenvalue weighted by molar-refractivity contribution is -0.123. The Labute approximate surface area is 334 Å². The Morgan fingerprint density at radius 3 is 1.70 bits per heavy atom. The van der Waals surface area contributed by atoms with Crippen LogP contribution in [0.2, 0.25) is 0 Å². The third-order valence-corrected chi connectivity index (χ3v) is 9.37. The maximum atomic E-state index is 12.0. The number of methoxy groups -OCH3 is 1. The van der Waals surface area contributed by atoms with Gasteiger partial charge in [0.1, 0.15) is 17.2 Å². The highest BCUT2D eigenvalue weighted by atomic mass is 16.5. The molecule has 0 fully saturated rings. The molecule has 4 N–H and O–H groups in total. The molecule has 0 aliphatic heterocycles. The second kappa shape index (κ2) is 23.9. The predicted molar refractivity (Wildman–Crippen MR) is 223 cm³/mol. The van der Waals surface area contributed by atoms with Crippen LogP contribution in [-0.2, 0) is 22.4 Å². The normalized spacial score (nSPS) is 12.5. The Kier molecular flexibility index (Phi) is 19.4. The number of carbonyl (C=O) groups excluding carboxylic acids is 2. The van der Waals surface area contributed by atoms with Gasteiger partial charge < -0.3 is 40.0 Å². The van der Waals surface area contributed by atoms with Gasteiger partial charge in [-0.1, -0.05) is 61.5 Å². The first kappa shape index (κ1) is 45.5. The number of aryl methyl sites for hydroxylation is 5. The first-order valence-corrected chi connectivity index (χ1v) is 19.5. The van der Waals surface area contributed by atoms with E-state index in [1.165, 1.54) is 16.7 Å². The number of hydrogen-bond acceptors (Lipinski definition) is 8. The van der Waals surface area contributed by atoms with E-state index in [9.17, 15) is 19.8 Å². The van der Waals surface area contributed by atoms with Crippen molar-refractivity contribution in [1.29, 1.82) is 0 Å². The van der Waals surface area contributed by atoms with Crippen LogP contribution in [0.15, 0.2) is 84.9 Å². The summed E-state index contributed by atoms with van der Waals surface area (Å²) in [6.45, 7) is 12.2. The first-order valence-electron chi connectivity index (χ1n) is 19.5. The monoisotopic (exact) mass is 769 g/mol. The largest absolute Gasteiger partial charge is 0.496 e. The highest BCUT2D eigenvalue weighted by Crippen LogP contribution is 2.26. The zero-order valence-electron chi connectivity index (χ0n) is 34.6. The molecule has 0 spiro atoms. The van der Waals surface area contributed by atoms with Crippen molar-refractivity contribution in [2.75, 3.05) is 54.1 Å². The summed E-state index contributed by atoms with van der Waals surface area (Å²) in [6, 6.07) is 27.1. The van der Waals surface area contributed by atoms with Crippen molar-refractivity contribution in [2.24, 2.45) is 5.92 Å². The Hall–Kier alpha value is -4.90. The molecule has 0 aliphatic carbocycles. The third kappa shape index (κ3) is 16.5. The molecule has 0 bridgehead atoms. The molecule has 10 nitrogen and oxygen atoms in total. The lowest BCUT2D eigenvalue weighted by Crippen LogP contribution is -2.35. The number of nitrogens with one attached hydrogen (secondary N) is 2. The van der Waals surface area contributed by atoms with Crippen LogP contribution in [0.1, 0.15) is 77.8 Å². The zero-order chi connectivity index (χ0) is 41.0. The van der Waals surface area contributed by atoms with Gasteiger partial charge in [0.15, 0.2) is 13.2 Å². The Bertz CT molecular complexity index is 1810. The fourth-order valence-electron chi connectivity index (χ4n) is 6.19. The van der Waals surface area contributed by atoms with Crippen molar-refractivity contribution < 1.29 is 34.0 Å². The maximum Gasteiger partial charge on any atom is 0.257 e. The molecular weight excluding hydrogens is 707 g/mol. The molecule has 4 rings (SSSR count). The van der Waals surface area contributed by atoms with E-state index in [1.807, 2.05) is 64.3 Å². The number of amides is 2. The molecule has 10 heteroatoms. The molecule has 0 aromatic heterocycles. The number of carbonyl (C=O) groups is 2. The molecular formula is C46H63N3O7. The van der Waals surface area contributed by atoms with E-state index < -0.39 is 12.2 Å². The van der Waals surface area contributed by atoms with Crippen molar-refractivity contribution >= 4 is 11.8 Å². The lowest BCUT2D eigenvalue weighted by atomic mass is 9.99. The van der Waals surface area contributed by atoms with E-state index in [0.29, 0.717) is 43.3 Å². The van der Waals surface area contributed by atoms with Crippen LogP contribution in [0.3, 0.4) is 0 Å². The van der Waals surface area contributed by atoms with Crippen molar-refractivity contribution in [3.05, 3.63) is 124 Å². The number of aliphatic hydroxyl groups excluding tert-OH is 2. The summed E-state index contributed by atoms with van der Waals surface area (Å²) in [5, 5.41) is 26.6. The molecule has 0 radical (unpaired) electrons. The molecule has 1 unspecified atom stereocenters. The average molecular weight is 770 g/mol. The summed E-state index contributed by atoms with van der Waals surface area (Å²) in [5.41, 5.74) is 7.60. The molecule has 0 heterocycles. The van der Waals surface area contributed by atoms with Crippen molar-refractivity contribution in [3.8, 4) is 17.2 Å². The van der Waals surface area contributed by atoms with Gasteiger partial charge in [0.2, 0.25) is 0 Å². The van der Waals surface area contributed by atoms with Crippen LogP contribution in [0.25, 0.3) is 0 Å². The molecule has 0 saturated heterocycles. The predicted octanol–water partition coefficient (Wildman–Crippen LogP) is 6.85. The van der Waals surface area contributed by atoms with Crippen LogP contribution in [0.5, 0.6) is 17.2 Å². The second-order valence-electron chi connectivity index (χ2n) is 14.7. The average Bonchev–Trinajstić information content (AvgIpc) is 3.18. The van der Waals surface area contributed by atoms with E-state index >= 15 is 0 Å². The molecule has 0 aliphatic rings. The molecule has 0 saturated carbocycles. The molecule has 56 heavy (non-hydrogen) atoms. The summed E-state index contributed by atoms with van der Waals surface area (Å²) in [5.74, 6) is 2.11. The highest BCUT2D eigenvalue weighted by Gasteiger charge is 2.13. The standard InChI is InChI=1S/C25H36N2O4.C21H27NO3/c1-18(16-27(3)4)15-26-25(29)17-31-22-8-6-7-21(14-22)23(28)11-9-20-10-12-24(30-5)19(2)13-20;1-4-22-21(24)14-25-19-7-5-6-18(13-19)20(23)11-10-17-9-8-15(2)16(3)12-17/h6-8,10,12-14,18,23,28H,9,11,15-17H2,1-5H3,(H,26,29);5-9,12-13,20,23H,4,10-11,14H2,1-3H3,(H,22,24)/t18?,23-;20-/m11/s1. The van der Waals surface area contributed by atoms with E-state index in [2.05, 4.69) is 60.6 Å². The summed E-state index contributed by atoms with van der Waals surface area (Å²) in [4.78, 5) is 25.6. The number of hydrogen-bond donors (Lipinski definition) is 4. The fraction of sp³-hybridized carbons (Fsp3) is 0.435. The first-order chi connectivity index (χ1) is 26.8. The number of rotatable bonds is 20. The molecule has 2 amide bonds. The van der Waals surface area contributed by atoms with Crippen LogP contribution in [0.4, 0.5) is 0 Å². The van der Waals surface area contributed by atoms with Crippen molar-refractivity contribution in [1.82, 2.24) is 15.5 Å². The van der Waals surface area contributed by atoms with Gasteiger partial charge >= 0.3 is 0 Å². The van der Waals surface area contributed by atoms with E-state index in [0.717, 1.165) is 47.4 Å².